The van der Waals surface area contributed by atoms with E-state index < -0.39 is 5.63 Å². The summed E-state index contributed by atoms with van der Waals surface area (Å²) in [5.74, 6) is 0.221. The standard InChI is InChI=1S/C32H20N4O4S/c37-29(34-32-33-25(19-41-32)24-16-20-8-4-7-13-27(20)40-31(24)38)15-14-22-18-36(23-10-2-1-3-11-23)35-30(22)28-17-21-9-5-6-12-26(21)39-28/h1-19H,(H,33,34,37)/b15-14+. The molecule has 4 heterocycles. The first-order valence-corrected chi connectivity index (χ1v) is 13.6. The van der Waals surface area contributed by atoms with E-state index in [1.165, 1.54) is 17.4 Å². The van der Waals surface area contributed by atoms with Gasteiger partial charge in [0.1, 0.15) is 16.9 Å². The van der Waals surface area contributed by atoms with E-state index in [-0.39, 0.29) is 5.91 Å². The van der Waals surface area contributed by atoms with Crippen molar-refractivity contribution in [3.8, 4) is 28.4 Å². The van der Waals surface area contributed by atoms with Crippen molar-refractivity contribution in [3.05, 3.63) is 125 Å². The van der Waals surface area contributed by atoms with Crippen LogP contribution in [0.5, 0.6) is 0 Å². The quantitative estimate of drug-likeness (QED) is 0.172. The number of hydrogen-bond acceptors (Lipinski definition) is 7. The topological polar surface area (TPSA) is 103 Å². The molecule has 0 saturated carbocycles. The lowest BCUT2D eigenvalue weighted by molar-refractivity contribution is -0.111. The molecule has 41 heavy (non-hydrogen) atoms. The van der Waals surface area contributed by atoms with Crippen molar-refractivity contribution in [1.82, 2.24) is 14.8 Å². The van der Waals surface area contributed by atoms with Crippen LogP contribution in [0.1, 0.15) is 5.56 Å². The number of hydrogen-bond donors (Lipinski definition) is 1. The van der Waals surface area contributed by atoms with Crippen LogP contribution >= 0.6 is 11.3 Å². The highest BCUT2D eigenvalue weighted by Gasteiger charge is 2.16. The van der Waals surface area contributed by atoms with Gasteiger partial charge in [-0.25, -0.2) is 14.5 Å². The van der Waals surface area contributed by atoms with Gasteiger partial charge < -0.3 is 8.83 Å². The number of aromatic nitrogens is 3. The minimum atomic E-state index is -0.486. The molecule has 1 amide bonds. The van der Waals surface area contributed by atoms with Crippen molar-refractivity contribution < 1.29 is 13.6 Å². The number of thiazole rings is 1. The molecule has 0 fully saturated rings. The van der Waals surface area contributed by atoms with Gasteiger partial charge in [0, 0.05) is 34.0 Å². The third kappa shape index (κ3) is 4.86. The normalized spacial score (nSPS) is 11.5. The first kappa shape index (κ1) is 24.5. The summed E-state index contributed by atoms with van der Waals surface area (Å²) in [5, 5.41) is 11.4. The molecular weight excluding hydrogens is 536 g/mol. The smallest absolute Gasteiger partial charge is 0.345 e. The Bertz CT molecular complexity index is 2100. The van der Waals surface area contributed by atoms with Crippen LogP contribution in [0, 0.1) is 0 Å². The summed E-state index contributed by atoms with van der Waals surface area (Å²) in [4.78, 5) is 29.8. The molecule has 9 heteroatoms. The number of para-hydroxylation sites is 3. The lowest BCUT2D eigenvalue weighted by atomic mass is 10.1. The highest BCUT2D eigenvalue weighted by Crippen LogP contribution is 2.31. The first-order chi connectivity index (χ1) is 20.1. The van der Waals surface area contributed by atoms with Crippen LogP contribution in [0.4, 0.5) is 5.13 Å². The van der Waals surface area contributed by atoms with Crippen molar-refractivity contribution in [2.24, 2.45) is 0 Å². The van der Waals surface area contributed by atoms with E-state index >= 15 is 0 Å². The SMILES string of the molecule is O=C(/C=C/c1cn(-c2ccccc2)nc1-c1cc2ccccc2o1)Nc1nc(-c2cc3ccccc3oc2=O)cs1. The number of rotatable bonds is 6. The summed E-state index contributed by atoms with van der Waals surface area (Å²) < 4.78 is 13.2. The van der Waals surface area contributed by atoms with Gasteiger partial charge >= 0.3 is 5.63 Å². The Hall–Kier alpha value is -5.54. The molecule has 0 atom stereocenters. The fourth-order valence-electron chi connectivity index (χ4n) is 4.52. The molecule has 7 rings (SSSR count). The molecule has 4 aromatic heterocycles. The Kier molecular flexibility index (Phi) is 6.10. The molecule has 0 aliphatic carbocycles. The largest absolute Gasteiger partial charge is 0.454 e. The maximum absolute atomic E-state index is 12.9. The van der Waals surface area contributed by atoms with E-state index in [1.54, 1.807) is 34.3 Å². The number of anilines is 1. The van der Waals surface area contributed by atoms with E-state index in [0.717, 1.165) is 22.0 Å². The highest BCUT2D eigenvalue weighted by atomic mass is 32.1. The second-order valence-electron chi connectivity index (χ2n) is 9.21. The Morgan fingerprint density at radius 3 is 2.37 bits per heavy atom. The molecule has 0 aliphatic heterocycles. The van der Waals surface area contributed by atoms with Crippen molar-refractivity contribution in [3.63, 3.8) is 0 Å². The molecule has 0 radical (unpaired) electrons. The summed E-state index contributed by atoms with van der Waals surface area (Å²) in [5.41, 5.74) is 3.73. The van der Waals surface area contributed by atoms with Crippen molar-refractivity contribution in [2.75, 3.05) is 5.32 Å². The van der Waals surface area contributed by atoms with Crippen molar-refractivity contribution in [1.29, 1.82) is 0 Å². The molecular formula is C32H20N4O4S. The number of carbonyl (C=O) groups excluding carboxylic acids is 1. The van der Waals surface area contributed by atoms with Crippen LogP contribution in [0.15, 0.2) is 122 Å². The van der Waals surface area contributed by atoms with Crippen LogP contribution in [-0.4, -0.2) is 20.7 Å². The molecule has 3 aromatic carbocycles. The minimum absolute atomic E-state index is 0.333. The fraction of sp³-hybridized carbons (Fsp3) is 0. The number of fused-ring (bicyclic) bond motifs is 2. The van der Waals surface area contributed by atoms with Crippen LogP contribution < -0.4 is 10.9 Å². The van der Waals surface area contributed by atoms with Crippen LogP contribution in [0.3, 0.4) is 0 Å². The van der Waals surface area contributed by atoms with Gasteiger partial charge in [0.05, 0.1) is 16.9 Å². The van der Waals surface area contributed by atoms with Gasteiger partial charge in [0.25, 0.3) is 0 Å². The lowest BCUT2D eigenvalue weighted by Gasteiger charge is -1.99. The van der Waals surface area contributed by atoms with Gasteiger partial charge in [-0.3, -0.25) is 10.1 Å². The van der Waals surface area contributed by atoms with Crippen molar-refractivity contribution >= 4 is 50.4 Å². The number of amides is 1. The fourth-order valence-corrected chi connectivity index (χ4v) is 5.23. The third-order valence-corrected chi connectivity index (χ3v) is 7.25. The van der Waals surface area contributed by atoms with E-state index in [0.29, 0.717) is 39.0 Å². The Labute approximate surface area is 236 Å². The maximum atomic E-state index is 12.9. The van der Waals surface area contributed by atoms with Gasteiger partial charge in [-0.05, 0) is 42.5 Å². The van der Waals surface area contributed by atoms with Crippen molar-refractivity contribution in [2.45, 2.75) is 0 Å². The molecule has 0 unspecified atom stereocenters. The Morgan fingerprint density at radius 2 is 1.59 bits per heavy atom. The number of nitrogens with one attached hydrogen (secondary N) is 1. The number of furan rings is 1. The summed E-state index contributed by atoms with van der Waals surface area (Å²) in [6, 6.07) is 28.4. The van der Waals surface area contributed by atoms with Crippen LogP contribution in [0.2, 0.25) is 0 Å². The summed E-state index contributed by atoms with van der Waals surface area (Å²) in [6.07, 6.45) is 4.96. The van der Waals surface area contributed by atoms with Gasteiger partial charge in [-0.2, -0.15) is 5.10 Å². The minimum Gasteiger partial charge on any atom is -0.454 e. The predicted octanol–water partition coefficient (Wildman–Crippen LogP) is 7.17. The molecule has 0 saturated heterocycles. The highest BCUT2D eigenvalue weighted by molar-refractivity contribution is 7.14. The second-order valence-corrected chi connectivity index (χ2v) is 10.1. The number of benzene rings is 3. The maximum Gasteiger partial charge on any atom is 0.345 e. The van der Waals surface area contributed by atoms with Gasteiger partial charge in [-0.1, -0.05) is 54.6 Å². The van der Waals surface area contributed by atoms with Crippen LogP contribution in [-0.2, 0) is 4.79 Å². The Morgan fingerprint density at radius 1 is 0.878 bits per heavy atom. The average Bonchev–Trinajstić information content (AvgIpc) is 3.74. The number of carbonyl (C=O) groups is 1. The molecule has 7 aromatic rings. The Balaban J connectivity index is 1.16. The monoisotopic (exact) mass is 556 g/mol. The molecule has 198 valence electrons. The van der Waals surface area contributed by atoms with E-state index in [2.05, 4.69) is 10.3 Å². The zero-order chi connectivity index (χ0) is 27.8. The zero-order valence-corrected chi connectivity index (χ0v) is 22.2. The van der Waals surface area contributed by atoms with Gasteiger partial charge in [0.2, 0.25) is 5.91 Å². The second kappa shape index (κ2) is 10.2. The van der Waals surface area contributed by atoms with Crippen LogP contribution in [0.25, 0.3) is 56.4 Å². The summed E-state index contributed by atoms with van der Waals surface area (Å²) in [6.45, 7) is 0. The third-order valence-electron chi connectivity index (χ3n) is 6.49. The summed E-state index contributed by atoms with van der Waals surface area (Å²) in [7, 11) is 0. The first-order valence-electron chi connectivity index (χ1n) is 12.7. The number of nitrogens with zero attached hydrogens (tertiary/aromatic N) is 3. The molecule has 1 N–H and O–H groups in total. The van der Waals surface area contributed by atoms with E-state index in [4.69, 9.17) is 13.9 Å². The molecule has 8 nitrogen and oxygen atoms in total. The molecule has 0 bridgehead atoms. The lowest BCUT2D eigenvalue weighted by Crippen LogP contribution is -2.08. The zero-order valence-electron chi connectivity index (χ0n) is 21.4. The predicted molar refractivity (Wildman–Crippen MR) is 160 cm³/mol. The van der Waals surface area contributed by atoms with Gasteiger partial charge in [0.15, 0.2) is 10.9 Å². The van der Waals surface area contributed by atoms with E-state index in [1.807, 2.05) is 79.0 Å². The van der Waals surface area contributed by atoms with Gasteiger partial charge in [-0.15, -0.1) is 11.3 Å². The molecule has 0 aliphatic rings. The summed E-state index contributed by atoms with van der Waals surface area (Å²) >= 11 is 1.22. The molecule has 0 spiro atoms. The average molecular weight is 557 g/mol. The van der Waals surface area contributed by atoms with E-state index in [9.17, 15) is 9.59 Å².